The second kappa shape index (κ2) is 6.03. The molecule has 1 N–H and O–H groups in total. The molecule has 1 amide bonds. The molecular weight excluding hydrogens is 261 g/mol. The van der Waals surface area contributed by atoms with Crippen molar-refractivity contribution < 1.29 is 19.1 Å². The summed E-state index contributed by atoms with van der Waals surface area (Å²) in [6.07, 6.45) is 1.73. The van der Waals surface area contributed by atoms with Crippen molar-refractivity contribution in [3.8, 4) is 0 Å². The molecular formula is C15H18FNO3. The van der Waals surface area contributed by atoms with E-state index in [1.165, 1.54) is 17.0 Å². The van der Waals surface area contributed by atoms with Gasteiger partial charge < -0.3 is 10.0 Å². The van der Waals surface area contributed by atoms with Gasteiger partial charge in [-0.3, -0.25) is 4.79 Å². The fraction of sp³-hybridized carbons (Fsp3) is 0.467. The Morgan fingerprint density at radius 2 is 2.05 bits per heavy atom. The van der Waals surface area contributed by atoms with Crippen LogP contribution in [-0.2, 0) is 16.0 Å². The van der Waals surface area contributed by atoms with Crippen LogP contribution >= 0.6 is 0 Å². The Bertz CT molecular complexity index is 500. The molecule has 0 unspecified atom stereocenters. The van der Waals surface area contributed by atoms with Gasteiger partial charge in [-0.1, -0.05) is 19.1 Å². The lowest BCUT2D eigenvalue weighted by Gasteiger charge is -2.25. The molecule has 1 aliphatic rings. The number of benzene rings is 1. The Hall–Kier alpha value is -1.91. The van der Waals surface area contributed by atoms with Gasteiger partial charge in [0.2, 0.25) is 5.91 Å². The van der Waals surface area contributed by atoms with Crippen molar-refractivity contribution in [3.63, 3.8) is 0 Å². The molecule has 20 heavy (non-hydrogen) atoms. The summed E-state index contributed by atoms with van der Waals surface area (Å²) in [5.41, 5.74) is 0.873. The number of rotatable bonds is 4. The molecule has 0 aliphatic carbocycles. The zero-order valence-electron chi connectivity index (χ0n) is 11.4. The van der Waals surface area contributed by atoms with Crippen LogP contribution in [0.1, 0.15) is 25.3 Å². The summed E-state index contributed by atoms with van der Waals surface area (Å²) in [5, 5.41) is 9.10. The number of carboxylic acids is 1. The van der Waals surface area contributed by atoms with Gasteiger partial charge in [0, 0.05) is 12.5 Å². The van der Waals surface area contributed by atoms with Crippen LogP contribution < -0.4 is 0 Å². The molecule has 4 nitrogen and oxygen atoms in total. The number of hydrogen-bond acceptors (Lipinski definition) is 2. The summed E-state index contributed by atoms with van der Waals surface area (Å²) < 4.78 is 12.8. The molecule has 1 aromatic rings. The van der Waals surface area contributed by atoms with Crippen molar-refractivity contribution in [2.45, 2.75) is 32.2 Å². The van der Waals surface area contributed by atoms with Gasteiger partial charge in [-0.05, 0) is 37.0 Å². The van der Waals surface area contributed by atoms with Crippen molar-refractivity contribution >= 4 is 11.9 Å². The maximum Gasteiger partial charge on any atom is 0.326 e. The fourth-order valence-electron chi connectivity index (χ4n) is 2.63. The van der Waals surface area contributed by atoms with E-state index in [-0.39, 0.29) is 17.6 Å². The van der Waals surface area contributed by atoms with Gasteiger partial charge in [-0.25, -0.2) is 9.18 Å². The van der Waals surface area contributed by atoms with Gasteiger partial charge >= 0.3 is 5.97 Å². The molecule has 1 saturated heterocycles. The number of carbonyl (C=O) groups is 2. The van der Waals surface area contributed by atoms with Gasteiger partial charge in [-0.2, -0.15) is 0 Å². The smallest absolute Gasteiger partial charge is 0.326 e. The molecule has 108 valence electrons. The van der Waals surface area contributed by atoms with Gasteiger partial charge in [0.1, 0.15) is 11.9 Å². The molecule has 0 saturated carbocycles. The van der Waals surface area contributed by atoms with E-state index in [0.29, 0.717) is 19.4 Å². The Balaban J connectivity index is 2.01. The minimum absolute atomic E-state index is 0.140. The van der Waals surface area contributed by atoms with Crippen molar-refractivity contribution in [3.05, 3.63) is 35.6 Å². The van der Waals surface area contributed by atoms with E-state index in [1.54, 1.807) is 19.1 Å². The van der Waals surface area contributed by atoms with Crippen LogP contribution in [0.5, 0.6) is 0 Å². The highest BCUT2D eigenvalue weighted by Crippen LogP contribution is 2.21. The first-order valence-corrected chi connectivity index (χ1v) is 6.76. The lowest BCUT2D eigenvalue weighted by Crippen LogP contribution is -2.43. The summed E-state index contributed by atoms with van der Waals surface area (Å²) in [4.78, 5) is 24.9. The van der Waals surface area contributed by atoms with Crippen LogP contribution in [0.15, 0.2) is 24.3 Å². The lowest BCUT2D eigenvalue weighted by molar-refractivity contribution is -0.149. The van der Waals surface area contributed by atoms with Crippen LogP contribution in [0, 0.1) is 11.7 Å². The predicted octanol–water partition coefficient (Wildman–Crippen LogP) is 2.08. The summed E-state index contributed by atoms with van der Waals surface area (Å²) in [5.74, 6) is -1.69. The van der Waals surface area contributed by atoms with Crippen molar-refractivity contribution in [2.75, 3.05) is 6.54 Å². The quantitative estimate of drug-likeness (QED) is 0.918. The number of carbonyl (C=O) groups excluding carboxylic acids is 1. The van der Waals surface area contributed by atoms with Crippen LogP contribution in [0.2, 0.25) is 0 Å². The SMILES string of the molecule is C[C@@H](Cc1ccc(F)cc1)C(=O)N1CCC[C@@H]1C(=O)O. The van der Waals surface area contributed by atoms with Gasteiger partial charge in [0.15, 0.2) is 0 Å². The molecule has 0 spiro atoms. The fourth-order valence-corrected chi connectivity index (χ4v) is 2.63. The summed E-state index contributed by atoms with van der Waals surface area (Å²) >= 11 is 0. The summed E-state index contributed by atoms with van der Waals surface area (Å²) in [6, 6.07) is 5.33. The van der Waals surface area contributed by atoms with E-state index in [4.69, 9.17) is 5.11 Å². The highest BCUT2D eigenvalue weighted by Gasteiger charge is 2.35. The number of halogens is 1. The Kier molecular flexibility index (Phi) is 4.37. The second-order valence-electron chi connectivity index (χ2n) is 5.26. The highest BCUT2D eigenvalue weighted by atomic mass is 19.1. The first-order valence-electron chi connectivity index (χ1n) is 6.76. The van der Waals surface area contributed by atoms with Crippen molar-refractivity contribution in [2.24, 2.45) is 5.92 Å². The molecule has 2 atom stereocenters. The average molecular weight is 279 g/mol. The second-order valence-corrected chi connectivity index (χ2v) is 5.26. The Morgan fingerprint density at radius 1 is 1.40 bits per heavy atom. The number of hydrogen-bond donors (Lipinski definition) is 1. The number of likely N-dealkylation sites (tertiary alicyclic amines) is 1. The lowest BCUT2D eigenvalue weighted by atomic mass is 9.99. The normalized spacial score (nSPS) is 19.9. The Labute approximate surface area is 117 Å². The largest absolute Gasteiger partial charge is 0.480 e. The van der Waals surface area contributed by atoms with Gasteiger partial charge in [-0.15, -0.1) is 0 Å². The van der Waals surface area contributed by atoms with E-state index < -0.39 is 12.0 Å². The first kappa shape index (κ1) is 14.5. The van der Waals surface area contributed by atoms with E-state index in [1.807, 2.05) is 0 Å². The van der Waals surface area contributed by atoms with Crippen LogP contribution in [0.4, 0.5) is 4.39 Å². The maximum atomic E-state index is 12.8. The minimum Gasteiger partial charge on any atom is -0.480 e. The van der Waals surface area contributed by atoms with E-state index in [0.717, 1.165) is 12.0 Å². The molecule has 0 bridgehead atoms. The monoisotopic (exact) mass is 279 g/mol. The van der Waals surface area contributed by atoms with Gasteiger partial charge in [0.25, 0.3) is 0 Å². The number of carboxylic acid groups (broad SMARTS) is 1. The third kappa shape index (κ3) is 3.15. The van der Waals surface area contributed by atoms with Gasteiger partial charge in [0.05, 0.1) is 0 Å². The topological polar surface area (TPSA) is 57.6 Å². The summed E-state index contributed by atoms with van der Waals surface area (Å²) in [7, 11) is 0. The zero-order valence-corrected chi connectivity index (χ0v) is 11.4. The van der Waals surface area contributed by atoms with Crippen molar-refractivity contribution in [1.29, 1.82) is 0 Å². The molecule has 1 heterocycles. The summed E-state index contributed by atoms with van der Waals surface area (Å²) in [6.45, 7) is 2.28. The number of amides is 1. The predicted molar refractivity (Wildman–Crippen MR) is 71.6 cm³/mol. The molecule has 1 aliphatic heterocycles. The molecule has 1 fully saturated rings. The maximum absolute atomic E-state index is 12.8. The third-order valence-corrected chi connectivity index (χ3v) is 3.70. The molecule has 0 aromatic heterocycles. The minimum atomic E-state index is -0.940. The molecule has 5 heteroatoms. The van der Waals surface area contributed by atoms with E-state index >= 15 is 0 Å². The van der Waals surface area contributed by atoms with Crippen LogP contribution in [0.3, 0.4) is 0 Å². The van der Waals surface area contributed by atoms with Crippen LogP contribution in [-0.4, -0.2) is 34.5 Å². The number of nitrogens with zero attached hydrogens (tertiary/aromatic N) is 1. The molecule has 0 radical (unpaired) electrons. The average Bonchev–Trinajstić information content (AvgIpc) is 2.90. The molecule has 1 aromatic carbocycles. The third-order valence-electron chi connectivity index (χ3n) is 3.70. The zero-order chi connectivity index (χ0) is 14.7. The first-order chi connectivity index (χ1) is 9.49. The Morgan fingerprint density at radius 3 is 2.65 bits per heavy atom. The highest BCUT2D eigenvalue weighted by molar-refractivity contribution is 5.85. The van der Waals surface area contributed by atoms with Crippen LogP contribution in [0.25, 0.3) is 0 Å². The molecule has 2 rings (SSSR count). The van der Waals surface area contributed by atoms with E-state index in [2.05, 4.69) is 0 Å². The standard InChI is InChI=1S/C15H18FNO3/c1-10(9-11-4-6-12(16)7-5-11)14(18)17-8-2-3-13(17)15(19)20/h4-7,10,13H,2-3,8-9H2,1H3,(H,19,20)/t10-,13+/m0/s1. The number of aliphatic carboxylic acids is 1. The van der Waals surface area contributed by atoms with Crippen molar-refractivity contribution in [1.82, 2.24) is 4.90 Å². The van der Waals surface area contributed by atoms with E-state index in [9.17, 15) is 14.0 Å².